The number of hydrogen-bond donors (Lipinski definition) is 7. The van der Waals surface area contributed by atoms with Crippen LogP contribution in [-0.2, 0) is 25.0 Å². The van der Waals surface area contributed by atoms with Crippen molar-refractivity contribution in [3.05, 3.63) is 72.3 Å². The second-order valence-electron chi connectivity index (χ2n) is 15.2. The fraction of sp³-hybridized carbons (Fsp3) is 0.341. The molecule has 22 nitrogen and oxygen atoms in total. The molecule has 0 atom stereocenters. The van der Waals surface area contributed by atoms with Crippen LogP contribution in [0.2, 0.25) is 0 Å². The maximum atomic E-state index is 12.7. The number of aromatic nitrogens is 4. The number of rotatable bonds is 12. The molecule has 2 aliphatic heterocycles. The van der Waals surface area contributed by atoms with Crippen molar-refractivity contribution in [3.8, 4) is 16.3 Å². The third-order valence-corrected chi connectivity index (χ3v) is 12.3. The molecule has 0 radical (unpaired) electrons. The highest BCUT2D eigenvalue weighted by molar-refractivity contribution is 7.86. The summed E-state index contributed by atoms with van der Waals surface area (Å²) in [7, 11) is -8.51. The summed E-state index contributed by atoms with van der Waals surface area (Å²) in [5.41, 5.74) is 15.1. The lowest BCUT2D eigenvalue weighted by molar-refractivity contribution is -0.122. The molecule has 0 bridgehead atoms. The van der Waals surface area contributed by atoms with E-state index in [0.29, 0.717) is 59.3 Å². The number of carbonyl (C=O) groups is 1. The van der Waals surface area contributed by atoms with Crippen LogP contribution < -0.4 is 26.6 Å². The first-order valence-corrected chi connectivity index (χ1v) is 24.6. The standard InChI is InChI=1S/C39H45N13O4S2.CH4O3S.CH2O2.ClH/c1-25-2-9-31-32(22-25)57-36(43-31)26-3-5-28(6-4-26)47-48-34-33(58(54,55)56)24-27-23-29(7-8-30(27)35(34)53)42-37-44-38(51-18-14-49(12-10-40)15-19-51)46-39(45-37)52-20-16-50(13-11-41)17-21-52;1-5(2,3)4;2-1-3;/h2-9,22-24,53H,10-21,40-41H2,1H3,(H,54,55,56)(H,42,44,45,46);1H3,(H,2,3,4);1H,(H,2,3);1H. The second-order valence-corrected chi connectivity index (χ2v) is 19.1. The number of phenolic OH excluding ortho intramolecular Hbond substituents is 1. The molecular weight excluding hydrogens is 950 g/mol. The molecule has 0 saturated carbocycles. The largest absolute Gasteiger partial charge is 0.505 e. The highest BCUT2D eigenvalue weighted by Gasteiger charge is 2.25. The van der Waals surface area contributed by atoms with E-state index in [-0.39, 0.29) is 24.6 Å². The van der Waals surface area contributed by atoms with Gasteiger partial charge in [-0.15, -0.1) is 28.9 Å². The number of nitrogens with two attached hydrogens (primary N) is 2. The molecule has 0 spiro atoms. The number of azo groups is 1. The van der Waals surface area contributed by atoms with Crippen LogP contribution in [0.4, 0.5) is 34.9 Å². The number of halogens is 1. The molecule has 2 saturated heterocycles. The van der Waals surface area contributed by atoms with Gasteiger partial charge in [0.15, 0.2) is 5.75 Å². The smallest absolute Gasteiger partial charge is 0.296 e. The Bertz CT molecular complexity index is 2840. The van der Waals surface area contributed by atoms with Gasteiger partial charge in [0.25, 0.3) is 26.7 Å². The van der Waals surface area contributed by atoms with E-state index in [1.165, 1.54) is 6.07 Å². The van der Waals surface area contributed by atoms with Gasteiger partial charge in [0.1, 0.15) is 15.6 Å². The first kappa shape index (κ1) is 52.2. The van der Waals surface area contributed by atoms with Crippen molar-refractivity contribution in [3.63, 3.8) is 0 Å². The maximum absolute atomic E-state index is 12.7. The summed E-state index contributed by atoms with van der Waals surface area (Å²) in [5.74, 6) is 0.955. The van der Waals surface area contributed by atoms with Gasteiger partial charge in [0, 0.05) is 95.2 Å². The lowest BCUT2D eigenvalue weighted by atomic mass is 10.1. The fourth-order valence-corrected chi connectivity index (χ4v) is 8.91. The first-order chi connectivity index (χ1) is 31.5. The number of thiazole rings is 1. The van der Waals surface area contributed by atoms with E-state index >= 15 is 0 Å². The Morgan fingerprint density at radius 1 is 0.776 bits per heavy atom. The first-order valence-electron chi connectivity index (χ1n) is 20.5. The number of phenols is 1. The van der Waals surface area contributed by atoms with Crippen molar-refractivity contribution in [2.45, 2.75) is 11.8 Å². The summed E-state index contributed by atoms with van der Waals surface area (Å²) < 4.78 is 62.6. The predicted molar refractivity (Wildman–Crippen MR) is 261 cm³/mol. The van der Waals surface area contributed by atoms with E-state index in [1.54, 1.807) is 41.7 Å². The van der Waals surface area contributed by atoms with Crippen LogP contribution >= 0.6 is 23.7 Å². The number of nitrogens with zero attached hydrogens (tertiary/aromatic N) is 10. The van der Waals surface area contributed by atoms with Gasteiger partial charge in [-0.25, -0.2) is 4.98 Å². The van der Waals surface area contributed by atoms with E-state index in [2.05, 4.69) is 41.2 Å². The van der Waals surface area contributed by atoms with Gasteiger partial charge < -0.3 is 36.8 Å². The molecule has 9 N–H and O–H groups in total. The SMILES string of the molecule is CS(=O)(=O)O.Cc1ccc2nc(-c3ccc(N=Nc4c(S(=O)(=O)O)cc5cc(Nc6nc(N7CCN(CCN)CC7)nc(N7CCN(CCN)CC7)n6)ccc5c4O)cc3)sc2c1.Cl.O=CO. The van der Waals surface area contributed by atoms with Crippen LogP contribution in [0.15, 0.2) is 81.9 Å². The summed E-state index contributed by atoms with van der Waals surface area (Å²) >= 11 is 1.59. The van der Waals surface area contributed by atoms with Gasteiger partial charge in [0.2, 0.25) is 17.8 Å². The van der Waals surface area contributed by atoms with Crippen molar-refractivity contribution < 1.29 is 40.9 Å². The molecule has 4 heterocycles. The zero-order valence-electron chi connectivity index (χ0n) is 36.5. The summed E-state index contributed by atoms with van der Waals surface area (Å²) in [6.07, 6.45) is 0.715. The van der Waals surface area contributed by atoms with Crippen LogP contribution in [-0.4, -0.2) is 157 Å². The number of hydrogen-bond acceptors (Lipinski definition) is 20. The molecule has 4 aromatic carbocycles. The number of benzene rings is 4. The fourth-order valence-electron chi connectivity index (χ4n) is 7.19. The molecule has 8 rings (SSSR count). The van der Waals surface area contributed by atoms with Crippen LogP contribution in [0.3, 0.4) is 0 Å². The number of carboxylic acid groups (broad SMARTS) is 1. The molecule has 2 aromatic heterocycles. The van der Waals surface area contributed by atoms with Crippen LogP contribution in [0, 0.1) is 6.92 Å². The third-order valence-electron chi connectivity index (χ3n) is 10.3. The number of nitrogens with one attached hydrogen (secondary N) is 1. The van der Waals surface area contributed by atoms with Gasteiger partial charge >= 0.3 is 0 Å². The quantitative estimate of drug-likeness (QED) is 0.0504. The Hall–Kier alpha value is -5.74. The molecule has 360 valence electrons. The van der Waals surface area contributed by atoms with Crippen molar-refractivity contribution in [2.75, 3.05) is 99.9 Å². The number of piperazine rings is 2. The lowest BCUT2D eigenvalue weighted by Crippen LogP contribution is -2.49. The monoisotopic (exact) mass is 1000 g/mol. The Morgan fingerprint density at radius 2 is 1.33 bits per heavy atom. The average molecular weight is 1000 g/mol. The van der Waals surface area contributed by atoms with Gasteiger partial charge in [-0.05, 0) is 78.5 Å². The number of aryl methyl sites for hydroxylation is 1. The van der Waals surface area contributed by atoms with Crippen LogP contribution in [0.25, 0.3) is 31.6 Å². The third kappa shape index (κ3) is 14.4. The predicted octanol–water partition coefficient (Wildman–Crippen LogP) is 4.51. The van der Waals surface area contributed by atoms with Gasteiger partial charge in [-0.1, -0.05) is 6.07 Å². The van der Waals surface area contributed by atoms with E-state index in [0.717, 1.165) is 91.8 Å². The van der Waals surface area contributed by atoms with E-state index in [1.807, 2.05) is 31.2 Å². The van der Waals surface area contributed by atoms with Crippen LogP contribution in [0.5, 0.6) is 5.75 Å². The van der Waals surface area contributed by atoms with Crippen molar-refractivity contribution in [1.29, 1.82) is 0 Å². The van der Waals surface area contributed by atoms with Crippen LogP contribution in [0.1, 0.15) is 5.56 Å². The second kappa shape index (κ2) is 23.3. The summed E-state index contributed by atoms with van der Waals surface area (Å²) in [5, 5.41) is 31.3. The van der Waals surface area contributed by atoms with Gasteiger partial charge in [-0.3, -0.25) is 23.7 Å². The van der Waals surface area contributed by atoms with Gasteiger partial charge in [0.05, 0.1) is 22.2 Å². The van der Waals surface area contributed by atoms with Crippen molar-refractivity contribution in [2.24, 2.45) is 21.7 Å². The molecule has 0 aliphatic carbocycles. The molecule has 6 aromatic rings. The molecule has 2 aliphatic rings. The normalized spacial score (nSPS) is 14.8. The Balaban J connectivity index is 0.000000866. The minimum Gasteiger partial charge on any atom is -0.505 e. The Labute approximate surface area is 397 Å². The molecule has 2 fully saturated rings. The molecule has 0 amide bonds. The number of anilines is 4. The Kier molecular flexibility index (Phi) is 18.2. The van der Waals surface area contributed by atoms with Crippen molar-refractivity contribution >= 4 is 106 Å². The van der Waals surface area contributed by atoms with E-state index in [4.69, 9.17) is 45.9 Å². The van der Waals surface area contributed by atoms with Crippen molar-refractivity contribution in [1.82, 2.24) is 29.7 Å². The zero-order chi connectivity index (χ0) is 47.6. The average Bonchev–Trinajstić information content (AvgIpc) is 3.70. The highest BCUT2D eigenvalue weighted by Crippen LogP contribution is 2.42. The molecule has 26 heteroatoms. The minimum atomic E-state index is -4.84. The summed E-state index contributed by atoms with van der Waals surface area (Å²) in [6, 6.07) is 19.5. The zero-order valence-corrected chi connectivity index (χ0v) is 39.8. The number of fused-ring (bicyclic) bond motifs is 2. The summed E-state index contributed by atoms with van der Waals surface area (Å²) in [6.45, 7) is 10.9. The minimum absolute atomic E-state index is 0. The van der Waals surface area contributed by atoms with E-state index < -0.39 is 30.9 Å². The number of aromatic hydroxyl groups is 1. The Morgan fingerprint density at radius 3 is 1.85 bits per heavy atom. The molecule has 0 unspecified atom stereocenters. The maximum Gasteiger partial charge on any atom is 0.296 e. The highest BCUT2D eigenvalue weighted by atomic mass is 35.5. The summed E-state index contributed by atoms with van der Waals surface area (Å²) in [4.78, 5) is 35.9. The lowest BCUT2D eigenvalue weighted by Gasteiger charge is -2.36. The van der Waals surface area contributed by atoms with E-state index in [9.17, 15) is 26.5 Å². The topological polar surface area (TPSA) is 320 Å². The molecule has 67 heavy (non-hydrogen) atoms. The molecular formula is C41H52ClN13O9S3. The van der Waals surface area contributed by atoms with Gasteiger partial charge in [-0.2, -0.15) is 36.9 Å².